The summed E-state index contributed by atoms with van der Waals surface area (Å²) < 4.78 is 34.9. The average Bonchev–Trinajstić information content (AvgIpc) is 4.27. The van der Waals surface area contributed by atoms with Gasteiger partial charge < -0.3 is 9.80 Å². The van der Waals surface area contributed by atoms with Crippen molar-refractivity contribution in [1.29, 1.82) is 0 Å². The summed E-state index contributed by atoms with van der Waals surface area (Å²) in [7, 11) is 0. The lowest BCUT2D eigenvalue weighted by Gasteiger charge is -2.32. The Morgan fingerprint density at radius 3 is 0.973 bits per heavy atom. The molecule has 75 heavy (non-hydrogen) atoms. The Morgan fingerprint density at radius 1 is 0.307 bits per heavy atom. The zero-order valence-corrected chi connectivity index (χ0v) is 43.0. The first kappa shape index (κ1) is 46.2. The van der Waals surface area contributed by atoms with E-state index >= 15 is 8.78 Å². The van der Waals surface area contributed by atoms with E-state index in [1.807, 2.05) is 145 Å². The van der Waals surface area contributed by atoms with Crippen molar-refractivity contribution in [3.05, 3.63) is 277 Å². The number of benzene rings is 10. The highest BCUT2D eigenvalue weighted by Crippen LogP contribution is 2.64. The number of halogens is 2. The van der Waals surface area contributed by atoms with E-state index in [4.69, 9.17) is 0 Å². The molecule has 1 aromatic heterocycles. The van der Waals surface area contributed by atoms with Crippen molar-refractivity contribution in [2.24, 2.45) is 0 Å². The topological polar surface area (TPSA) is 6.48 Å². The Morgan fingerprint density at radius 2 is 0.627 bits per heavy atom. The van der Waals surface area contributed by atoms with Gasteiger partial charge in [0, 0.05) is 54.5 Å². The van der Waals surface area contributed by atoms with Crippen LogP contribution < -0.4 is 9.80 Å². The highest BCUT2D eigenvalue weighted by atomic mass is 32.1. The molecule has 362 valence electrons. The van der Waals surface area contributed by atoms with E-state index < -0.39 is 10.8 Å². The van der Waals surface area contributed by atoms with Crippen LogP contribution in [0.25, 0.3) is 65.4 Å². The van der Waals surface area contributed by atoms with Crippen LogP contribution in [0.15, 0.2) is 243 Å². The maximum atomic E-state index is 17.5. The first-order valence-electron chi connectivity index (χ1n) is 25.6. The highest BCUT2D eigenvalue weighted by molar-refractivity contribution is 7.19. The van der Waals surface area contributed by atoms with Gasteiger partial charge >= 0.3 is 0 Å². The van der Waals surface area contributed by atoms with Gasteiger partial charge in [-0.3, -0.25) is 0 Å². The summed E-state index contributed by atoms with van der Waals surface area (Å²) >= 11 is 1.87. The van der Waals surface area contributed by atoms with Crippen LogP contribution in [0, 0.1) is 11.6 Å². The van der Waals surface area contributed by atoms with Crippen LogP contribution in [0.4, 0.5) is 42.9 Å². The third kappa shape index (κ3) is 7.64. The van der Waals surface area contributed by atoms with Gasteiger partial charge in [-0.25, -0.2) is 8.78 Å². The predicted molar refractivity (Wildman–Crippen MR) is 310 cm³/mol. The Labute approximate surface area is 442 Å². The van der Waals surface area contributed by atoms with Gasteiger partial charge in [0.25, 0.3) is 0 Å². The fraction of sp³-hybridized carbons (Fsp3) is 0.0857. The maximum absolute atomic E-state index is 17.5. The third-order valence-electron chi connectivity index (χ3n) is 15.5. The van der Waals surface area contributed by atoms with Crippen LogP contribution in [0.1, 0.15) is 49.9 Å². The molecule has 0 aliphatic heterocycles. The molecule has 0 atom stereocenters. The van der Waals surface area contributed by atoms with Crippen molar-refractivity contribution in [2.75, 3.05) is 9.80 Å². The van der Waals surface area contributed by atoms with E-state index in [1.165, 1.54) is 43.1 Å². The Bertz CT molecular complexity index is 3690. The molecule has 0 spiro atoms. The van der Waals surface area contributed by atoms with Crippen LogP contribution in [-0.4, -0.2) is 0 Å². The van der Waals surface area contributed by atoms with Crippen molar-refractivity contribution in [3.8, 4) is 65.4 Å². The summed E-state index contributed by atoms with van der Waals surface area (Å²) in [5.41, 5.74) is 18.2. The van der Waals surface area contributed by atoms with Crippen LogP contribution in [-0.2, 0) is 10.8 Å². The first-order valence-corrected chi connectivity index (χ1v) is 26.4. The van der Waals surface area contributed by atoms with Crippen molar-refractivity contribution < 1.29 is 8.78 Å². The number of fused-ring (bicyclic) bond motifs is 7. The van der Waals surface area contributed by atoms with E-state index in [0.717, 1.165) is 67.3 Å². The van der Waals surface area contributed by atoms with Gasteiger partial charge in [-0.1, -0.05) is 198 Å². The Hall–Kier alpha value is -8.64. The molecule has 11 aromatic rings. The summed E-state index contributed by atoms with van der Waals surface area (Å²) in [6, 6.07) is 81.7. The molecule has 0 radical (unpaired) electrons. The second kappa shape index (κ2) is 18.1. The minimum Gasteiger partial charge on any atom is -0.307 e. The Kier molecular flexibility index (Phi) is 11.1. The molecule has 10 aromatic carbocycles. The van der Waals surface area contributed by atoms with Crippen LogP contribution >= 0.6 is 11.3 Å². The summed E-state index contributed by atoms with van der Waals surface area (Å²) in [4.78, 5) is 6.76. The lowest BCUT2D eigenvalue weighted by Crippen LogP contribution is -2.24. The van der Waals surface area contributed by atoms with Gasteiger partial charge in [0.2, 0.25) is 0 Å². The molecule has 1 heterocycles. The van der Waals surface area contributed by atoms with E-state index in [2.05, 4.69) is 135 Å². The first-order chi connectivity index (χ1) is 36.6. The minimum atomic E-state index is -0.405. The molecule has 2 aliphatic carbocycles. The van der Waals surface area contributed by atoms with Crippen molar-refractivity contribution in [3.63, 3.8) is 0 Å². The van der Waals surface area contributed by atoms with Gasteiger partial charge in [0.15, 0.2) is 0 Å². The van der Waals surface area contributed by atoms with Gasteiger partial charge in [-0.05, 0) is 140 Å². The molecular formula is C70H52F2N2S. The predicted octanol–water partition coefficient (Wildman–Crippen LogP) is 20.2. The SMILES string of the molecule is CC1(C)c2cc(N(c3ccccc3)c3c(F)cc(-c4ccccc4)cc3-c3ccccc3)ccc2-c2sc3c(c21)C(C)(C)c1cc(N(c2ccccc2)c2c(F)cc(-c4ccccc4)cc2-c2ccccc2)ccc1-3. The third-order valence-corrected chi connectivity index (χ3v) is 16.8. The lowest BCUT2D eigenvalue weighted by atomic mass is 9.74. The highest BCUT2D eigenvalue weighted by Gasteiger charge is 2.49. The number of rotatable bonds is 10. The molecule has 0 saturated carbocycles. The average molecular weight is 991 g/mol. The molecule has 0 saturated heterocycles. The van der Waals surface area contributed by atoms with Gasteiger partial charge in [0.05, 0.1) is 11.4 Å². The monoisotopic (exact) mass is 990 g/mol. The van der Waals surface area contributed by atoms with Crippen molar-refractivity contribution in [1.82, 2.24) is 0 Å². The van der Waals surface area contributed by atoms with Crippen molar-refractivity contribution in [2.45, 2.75) is 38.5 Å². The number of para-hydroxylation sites is 2. The second-order valence-electron chi connectivity index (χ2n) is 20.7. The van der Waals surface area contributed by atoms with Gasteiger partial charge in [-0.15, -0.1) is 11.3 Å². The number of anilines is 6. The number of thiophene rings is 1. The van der Waals surface area contributed by atoms with E-state index in [9.17, 15) is 0 Å². The zero-order chi connectivity index (χ0) is 51.0. The lowest BCUT2D eigenvalue weighted by molar-refractivity contribution is 0.603. The second-order valence-corrected chi connectivity index (χ2v) is 21.8. The van der Waals surface area contributed by atoms with E-state index in [0.29, 0.717) is 11.4 Å². The fourth-order valence-electron chi connectivity index (χ4n) is 11.9. The molecule has 0 unspecified atom stereocenters. The summed E-state index contributed by atoms with van der Waals surface area (Å²) in [6.45, 7) is 9.39. The smallest absolute Gasteiger partial charge is 0.148 e. The largest absolute Gasteiger partial charge is 0.307 e. The molecule has 0 bridgehead atoms. The molecule has 2 nitrogen and oxygen atoms in total. The normalized spacial score (nSPS) is 13.4. The molecule has 2 aliphatic rings. The number of hydrogen-bond acceptors (Lipinski definition) is 3. The molecular weight excluding hydrogens is 939 g/mol. The van der Waals surface area contributed by atoms with Crippen molar-refractivity contribution >= 4 is 45.5 Å². The van der Waals surface area contributed by atoms with Gasteiger partial charge in [0.1, 0.15) is 11.6 Å². The summed E-state index contributed by atoms with van der Waals surface area (Å²) in [5.74, 6) is -0.604. The quantitative estimate of drug-likeness (QED) is 0.135. The van der Waals surface area contributed by atoms with E-state index in [1.54, 1.807) is 12.1 Å². The van der Waals surface area contributed by atoms with Crippen LogP contribution in [0.2, 0.25) is 0 Å². The molecule has 13 rings (SSSR count). The van der Waals surface area contributed by atoms with Crippen LogP contribution in [0.3, 0.4) is 0 Å². The Balaban J connectivity index is 0.929. The molecule has 5 heteroatoms. The summed E-state index contributed by atoms with van der Waals surface area (Å²) in [5, 5.41) is 0. The minimum absolute atomic E-state index is 0.302. The number of hydrogen-bond donors (Lipinski definition) is 0. The maximum Gasteiger partial charge on any atom is 0.148 e. The zero-order valence-electron chi connectivity index (χ0n) is 42.2. The van der Waals surface area contributed by atoms with Crippen LogP contribution in [0.5, 0.6) is 0 Å². The molecule has 0 N–H and O–H groups in total. The standard InChI is InChI=1S/C70H52F2N2S/c1-69(2)59-43-53(73(51-31-19-9-20-32-51)65-57(47-27-15-7-16-28-47)39-49(41-61(65)71)45-23-11-5-12-24-45)35-37-55(59)67-63(69)64-68(75-67)56-38-36-54(44-60(56)70(64,3)4)74(52-33-21-10-22-34-52)66-58(48-29-17-8-18-30-48)40-50(42-62(66)72)46-25-13-6-14-26-46/h5-44H,1-4H3. The molecule has 0 fully saturated rings. The van der Waals surface area contributed by atoms with E-state index in [-0.39, 0.29) is 11.6 Å². The molecule has 0 amide bonds. The fourth-order valence-corrected chi connectivity index (χ4v) is 13.6. The summed E-state index contributed by atoms with van der Waals surface area (Å²) in [6.07, 6.45) is 0. The number of nitrogens with zero attached hydrogens (tertiary/aromatic N) is 2. The van der Waals surface area contributed by atoms with Gasteiger partial charge in [-0.2, -0.15) is 0 Å².